The number of nitrogens with one attached hydrogen (secondary N) is 2. The van der Waals surface area contributed by atoms with Gasteiger partial charge in [0.05, 0.1) is 19.7 Å². The van der Waals surface area contributed by atoms with E-state index >= 15 is 0 Å². The summed E-state index contributed by atoms with van der Waals surface area (Å²) in [5.74, 6) is -0.0493. The number of quaternary nitrogens is 1. The first-order valence-electron chi connectivity index (χ1n) is 7.63. The number of nitrogens with zero attached hydrogens (tertiary/aromatic N) is 1. The Morgan fingerprint density at radius 2 is 2.15 bits per heavy atom. The van der Waals surface area contributed by atoms with E-state index in [2.05, 4.69) is 10.1 Å². The number of alkyl halides is 2. The van der Waals surface area contributed by atoms with Gasteiger partial charge in [-0.15, -0.1) is 11.3 Å². The van der Waals surface area contributed by atoms with Gasteiger partial charge in [-0.1, -0.05) is 0 Å². The summed E-state index contributed by atoms with van der Waals surface area (Å²) in [6, 6.07) is 8.33. The molecule has 0 saturated heterocycles. The molecule has 0 aliphatic rings. The Hall–Kier alpha value is -2.70. The Balaban J connectivity index is 1.95. The molecule has 9 heteroatoms. The zero-order valence-electron chi connectivity index (χ0n) is 14.2. The first kappa shape index (κ1) is 19.6. The molecule has 0 spiro atoms. The smallest absolute Gasteiger partial charge is 0.387 e. The van der Waals surface area contributed by atoms with Crippen molar-refractivity contribution in [1.82, 2.24) is 0 Å². The van der Waals surface area contributed by atoms with E-state index in [1.807, 2.05) is 13.1 Å². The van der Waals surface area contributed by atoms with Crippen LogP contribution in [0.25, 0.3) is 0 Å². The van der Waals surface area contributed by atoms with Crippen LogP contribution in [-0.2, 0) is 11.3 Å². The van der Waals surface area contributed by atoms with Crippen LogP contribution in [0, 0.1) is 11.3 Å². The largest absolute Gasteiger partial charge is 0.493 e. The van der Waals surface area contributed by atoms with Crippen LogP contribution in [0.4, 0.5) is 13.8 Å². The number of anilines is 1. The molecule has 2 N–H and O–H groups in total. The number of likely N-dealkylation sites (N-methyl/N-ethyl adjacent to an activating group) is 1. The number of hydrogen-bond acceptors (Lipinski definition) is 5. The van der Waals surface area contributed by atoms with Crippen LogP contribution in [0.1, 0.15) is 11.1 Å². The normalized spacial score (nSPS) is 11.7. The van der Waals surface area contributed by atoms with E-state index in [-0.39, 0.29) is 24.0 Å². The number of rotatable bonds is 8. The second-order valence-corrected chi connectivity index (χ2v) is 6.41. The van der Waals surface area contributed by atoms with E-state index in [1.165, 1.54) is 24.5 Å². The van der Waals surface area contributed by atoms with E-state index in [9.17, 15) is 13.6 Å². The average molecular weight is 382 g/mol. The van der Waals surface area contributed by atoms with Crippen molar-refractivity contribution in [2.45, 2.75) is 13.2 Å². The van der Waals surface area contributed by atoms with Gasteiger partial charge in [-0.2, -0.15) is 14.0 Å². The molecule has 0 aliphatic heterocycles. The van der Waals surface area contributed by atoms with Crippen LogP contribution in [0.5, 0.6) is 11.5 Å². The van der Waals surface area contributed by atoms with Crippen molar-refractivity contribution in [1.29, 1.82) is 5.26 Å². The molecule has 1 unspecified atom stereocenters. The van der Waals surface area contributed by atoms with Crippen molar-refractivity contribution >= 4 is 22.2 Å². The number of thiophene rings is 1. The minimum Gasteiger partial charge on any atom is -0.493 e. The van der Waals surface area contributed by atoms with Crippen molar-refractivity contribution in [2.24, 2.45) is 0 Å². The molecule has 1 aromatic heterocycles. The van der Waals surface area contributed by atoms with Crippen LogP contribution < -0.4 is 19.7 Å². The van der Waals surface area contributed by atoms with E-state index in [1.54, 1.807) is 23.6 Å². The fourth-order valence-electron chi connectivity index (χ4n) is 2.37. The zero-order valence-corrected chi connectivity index (χ0v) is 15.0. The lowest BCUT2D eigenvalue weighted by atomic mass is 10.2. The van der Waals surface area contributed by atoms with Crippen LogP contribution in [0.2, 0.25) is 0 Å². The highest BCUT2D eigenvalue weighted by molar-refractivity contribution is 7.14. The van der Waals surface area contributed by atoms with Gasteiger partial charge in [0.1, 0.15) is 17.6 Å². The molecule has 1 atom stereocenters. The highest BCUT2D eigenvalue weighted by atomic mass is 32.1. The third-order valence-corrected chi connectivity index (χ3v) is 4.28. The predicted octanol–water partition coefficient (Wildman–Crippen LogP) is 1.88. The summed E-state index contributed by atoms with van der Waals surface area (Å²) >= 11 is 1.29. The third-order valence-electron chi connectivity index (χ3n) is 3.45. The molecule has 1 heterocycles. The Labute approximate surface area is 153 Å². The quantitative estimate of drug-likeness (QED) is 0.731. The number of benzene rings is 1. The second kappa shape index (κ2) is 9.12. The lowest BCUT2D eigenvalue weighted by Crippen LogP contribution is -3.08. The molecule has 0 aliphatic carbocycles. The van der Waals surface area contributed by atoms with E-state index in [0.717, 1.165) is 10.5 Å². The Bertz CT molecular complexity index is 805. The lowest BCUT2D eigenvalue weighted by molar-refractivity contribution is -0.885. The molecule has 2 rings (SSSR count). The van der Waals surface area contributed by atoms with Gasteiger partial charge in [0, 0.05) is 5.56 Å². The van der Waals surface area contributed by atoms with Gasteiger partial charge in [-0.25, -0.2) is 0 Å². The molecular formula is C17H18F2N3O3S+. The second-order valence-electron chi connectivity index (χ2n) is 5.50. The summed E-state index contributed by atoms with van der Waals surface area (Å²) in [5.41, 5.74) is 1.24. The minimum absolute atomic E-state index is 0.0385. The van der Waals surface area contributed by atoms with E-state index < -0.39 is 6.61 Å². The monoisotopic (exact) mass is 382 g/mol. The topological polar surface area (TPSA) is 75.8 Å². The molecule has 1 aromatic carbocycles. The molecule has 138 valence electrons. The molecule has 26 heavy (non-hydrogen) atoms. The zero-order chi connectivity index (χ0) is 19.1. The summed E-state index contributed by atoms with van der Waals surface area (Å²) in [6.45, 7) is -2.27. The molecule has 6 nitrogen and oxygen atoms in total. The minimum atomic E-state index is -2.93. The van der Waals surface area contributed by atoms with Gasteiger partial charge in [-0.05, 0) is 29.6 Å². The molecule has 1 amide bonds. The summed E-state index contributed by atoms with van der Waals surface area (Å²) in [6.07, 6.45) is 0. The number of nitriles is 1. The number of methoxy groups -OCH3 is 1. The number of hydrogen-bond donors (Lipinski definition) is 2. The van der Waals surface area contributed by atoms with Gasteiger partial charge in [0.15, 0.2) is 18.0 Å². The van der Waals surface area contributed by atoms with Crippen LogP contribution in [-0.4, -0.2) is 33.2 Å². The number of ether oxygens (including phenoxy) is 2. The highest BCUT2D eigenvalue weighted by Crippen LogP contribution is 2.29. The Kier molecular flexibility index (Phi) is 6.89. The molecule has 0 radical (unpaired) electrons. The molecule has 0 bridgehead atoms. The predicted molar refractivity (Wildman–Crippen MR) is 92.7 cm³/mol. The van der Waals surface area contributed by atoms with Crippen molar-refractivity contribution in [3.63, 3.8) is 0 Å². The van der Waals surface area contributed by atoms with Crippen LogP contribution in [0.3, 0.4) is 0 Å². The van der Waals surface area contributed by atoms with Crippen molar-refractivity contribution < 1.29 is 27.9 Å². The maximum absolute atomic E-state index is 12.4. The van der Waals surface area contributed by atoms with Gasteiger partial charge >= 0.3 is 6.61 Å². The van der Waals surface area contributed by atoms with E-state index in [4.69, 9.17) is 10.00 Å². The van der Waals surface area contributed by atoms with Crippen LogP contribution >= 0.6 is 11.3 Å². The highest BCUT2D eigenvalue weighted by Gasteiger charge is 2.16. The standard InChI is InChI=1S/C17H17F2N3O3S/c1-22(10-15(23)21-16-12(8-20)5-6-26-16)9-11-3-4-13(25-17(18)19)14(7-11)24-2/h3-7,17H,9-10H2,1-2H3,(H,21,23)/p+1. The van der Waals surface area contributed by atoms with E-state index in [0.29, 0.717) is 17.1 Å². The van der Waals surface area contributed by atoms with Gasteiger partial charge < -0.3 is 19.7 Å². The first-order chi connectivity index (χ1) is 12.4. The number of amides is 1. The number of carbonyl (C=O) groups excluding carboxylic acids is 1. The SMILES string of the molecule is COc1cc(C[NH+](C)CC(=O)Nc2sccc2C#N)ccc1OC(F)F. The Morgan fingerprint density at radius 1 is 1.38 bits per heavy atom. The van der Waals surface area contributed by atoms with Gasteiger partial charge in [0.2, 0.25) is 0 Å². The Morgan fingerprint density at radius 3 is 2.81 bits per heavy atom. The van der Waals surface area contributed by atoms with Gasteiger partial charge in [-0.3, -0.25) is 4.79 Å². The maximum atomic E-state index is 12.4. The summed E-state index contributed by atoms with van der Waals surface area (Å²) < 4.78 is 34.2. The van der Waals surface area contributed by atoms with Crippen molar-refractivity contribution in [3.8, 4) is 17.6 Å². The molecule has 0 saturated carbocycles. The number of carbonyl (C=O) groups is 1. The lowest BCUT2D eigenvalue weighted by Gasteiger charge is -2.15. The fraction of sp³-hybridized carbons (Fsp3) is 0.294. The molecule has 0 fully saturated rings. The summed E-state index contributed by atoms with van der Waals surface area (Å²) in [5, 5.41) is 13.9. The third kappa shape index (κ3) is 5.40. The maximum Gasteiger partial charge on any atom is 0.387 e. The average Bonchev–Trinajstić information content (AvgIpc) is 3.02. The van der Waals surface area contributed by atoms with Crippen molar-refractivity contribution in [3.05, 3.63) is 40.8 Å². The van der Waals surface area contributed by atoms with Crippen LogP contribution in [0.15, 0.2) is 29.6 Å². The molecular weight excluding hydrogens is 364 g/mol. The summed E-state index contributed by atoms with van der Waals surface area (Å²) in [4.78, 5) is 13.0. The first-order valence-corrected chi connectivity index (χ1v) is 8.51. The number of halogens is 2. The van der Waals surface area contributed by atoms with Crippen molar-refractivity contribution in [2.75, 3.05) is 26.0 Å². The summed E-state index contributed by atoms with van der Waals surface area (Å²) in [7, 11) is 3.20. The molecule has 2 aromatic rings. The fourth-order valence-corrected chi connectivity index (χ4v) is 3.12. The van der Waals surface area contributed by atoms with Gasteiger partial charge in [0.25, 0.3) is 5.91 Å².